The van der Waals surface area contributed by atoms with Crippen LogP contribution in [-0.2, 0) is 18.9 Å². The molecule has 2 aromatic heterocycles. The molecule has 0 aliphatic carbocycles. The molecule has 2 N–H and O–H groups in total. The molecule has 0 amide bonds. The fourth-order valence-corrected chi connectivity index (χ4v) is 5.90. The van der Waals surface area contributed by atoms with E-state index in [1.165, 1.54) is 17.9 Å². The summed E-state index contributed by atoms with van der Waals surface area (Å²) in [5.41, 5.74) is 2.45. The first kappa shape index (κ1) is 31.3. The van der Waals surface area contributed by atoms with Crippen molar-refractivity contribution in [2.75, 3.05) is 32.1 Å². The van der Waals surface area contributed by atoms with E-state index in [0.717, 1.165) is 15.8 Å². The highest BCUT2D eigenvalue weighted by molar-refractivity contribution is 7.91. The zero-order valence-electron chi connectivity index (χ0n) is 22.2. The fraction of sp³-hybridized carbons (Fsp3) is 0.346. The van der Waals surface area contributed by atoms with Crippen molar-refractivity contribution in [3.05, 3.63) is 59.8 Å². The summed E-state index contributed by atoms with van der Waals surface area (Å²) in [5.74, 6) is -0.0363. The van der Waals surface area contributed by atoms with Gasteiger partial charge in [0.1, 0.15) is 13.2 Å². The maximum Gasteiger partial charge on any atom is 0.469 e. The first-order valence-electron chi connectivity index (χ1n) is 12.7. The second-order valence-electron chi connectivity index (χ2n) is 9.15. The number of nitrogens with zero attached hydrogens (tertiary/aromatic N) is 3. The highest BCUT2D eigenvalue weighted by Gasteiger charge is 2.38. The number of hydrogen-bond acceptors (Lipinski definition) is 7. The molecule has 0 saturated heterocycles. The maximum absolute atomic E-state index is 14.5. The lowest BCUT2D eigenvalue weighted by Gasteiger charge is -2.29. The molecule has 0 atom stereocenters. The molecule has 222 valence electrons. The predicted molar refractivity (Wildman–Crippen MR) is 152 cm³/mol. The zero-order chi connectivity index (χ0) is 30.0. The van der Waals surface area contributed by atoms with E-state index in [1.807, 2.05) is 6.07 Å². The van der Waals surface area contributed by atoms with Crippen molar-refractivity contribution in [2.45, 2.75) is 31.2 Å². The van der Waals surface area contributed by atoms with Gasteiger partial charge in [0.15, 0.2) is 15.5 Å². The van der Waals surface area contributed by atoms with E-state index < -0.39 is 30.3 Å². The third-order valence-electron chi connectivity index (χ3n) is 6.48. The Labute approximate surface area is 240 Å². The summed E-state index contributed by atoms with van der Waals surface area (Å²) < 4.78 is 70.3. The van der Waals surface area contributed by atoms with Crippen molar-refractivity contribution in [1.29, 1.82) is 0 Å². The SMILES string of the molecule is CCN(CCCOn1c2cccc(-c3cccc(S(=O)(=O)CC)c3)c2c2cc(Cl)cnc21)C(F)(F)COP(=O)(O)O. The number of halogens is 3. The number of phosphoric ester groups is 1. The molecule has 0 bridgehead atoms. The first-order valence-corrected chi connectivity index (χ1v) is 16.2. The van der Waals surface area contributed by atoms with Gasteiger partial charge >= 0.3 is 13.9 Å². The maximum atomic E-state index is 14.5. The van der Waals surface area contributed by atoms with Crippen molar-refractivity contribution in [1.82, 2.24) is 14.6 Å². The minimum atomic E-state index is -5.05. The standard InChI is InChI=1S/C26H29ClF2N3O7PS/c1-3-31(26(28,29)17-39-40(33,34)35)12-7-13-38-32-23-11-6-10-21(24(23)22-15-19(27)16-30-25(22)32)18-8-5-9-20(14-18)41(36,37)4-2/h5-6,8-11,14-16H,3-4,7,12-13,17H2,1-2H3,(H2,33,34,35). The summed E-state index contributed by atoms with van der Waals surface area (Å²) in [6.45, 7) is 1.39. The Hall–Kier alpha value is -2.64. The van der Waals surface area contributed by atoms with E-state index in [2.05, 4.69) is 9.51 Å². The molecule has 4 rings (SSSR count). The molecule has 0 unspecified atom stereocenters. The zero-order valence-corrected chi connectivity index (χ0v) is 24.7. The number of sulfone groups is 1. The molecule has 0 fully saturated rings. The van der Waals surface area contributed by atoms with Gasteiger partial charge in [-0.15, -0.1) is 0 Å². The van der Waals surface area contributed by atoms with Crippen LogP contribution in [0.25, 0.3) is 33.1 Å². The van der Waals surface area contributed by atoms with Crippen LogP contribution >= 0.6 is 19.4 Å². The Balaban J connectivity index is 1.64. The molecule has 0 saturated carbocycles. The van der Waals surface area contributed by atoms with Crippen LogP contribution in [0.4, 0.5) is 8.78 Å². The van der Waals surface area contributed by atoms with Crippen LogP contribution < -0.4 is 4.84 Å². The van der Waals surface area contributed by atoms with Gasteiger partial charge in [0.05, 0.1) is 21.2 Å². The van der Waals surface area contributed by atoms with Gasteiger partial charge in [-0.2, -0.15) is 13.5 Å². The quantitative estimate of drug-likeness (QED) is 0.117. The van der Waals surface area contributed by atoms with E-state index in [-0.39, 0.29) is 36.8 Å². The topological polar surface area (TPSA) is 131 Å². The normalized spacial score (nSPS) is 13.0. The molecule has 2 heterocycles. The summed E-state index contributed by atoms with van der Waals surface area (Å²) in [6, 6.07) is 10.2. The van der Waals surface area contributed by atoms with Crippen molar-refractivity contribution in [3.63, 3.8) is 0 Å². The monoisotopic (exact) mass is 631 g/mol. The number of pyridine rings is 1. The summed E-state index contributed by atoms with van der Waals surface area (Å²) in [7, 11) is -8.49. The third-order valence-corrected chi connectivity index (χ3v) is 8.89. The molecule has 10 nitrogen and oxygen atoms in total. The Bertz CT molecular complexity index is 1710. The molecule has 0 aliphatic heterocycles. The number of benzene rings is 2. The van der Waals surface area contributed by atoms with Crippen molar-refractivity contribution < 1.29 is 40.9 Å². The van der Waals surface area contributed by atoms with Crippen LogP contribution in [0.3, 0.4) is 0 Å². The van der Waals surface area contributed by atoms with E-state index in [1.54, 1.807) is 49.4 Å². The van der Waals surface area contributed by atoms with Gasteiger partial charge in [-0.05, 0) is 41.8 Å². The second kappa shape index (κ2) is 12.3. The van der Waals surface area contributed by atoms with E-state index in [9.17, 15) is 21.8 Å². The van der Waals surface area contributed by atoms with Gasteiger partial charge in [0.25, 0.3) is 0 Å². The van der Waals surface area contributed by atoms with Gasteiger partial charge in [0.2, 0.25) is 0 Å². The van der Waals surface area contributed by atoms with Gasteiger partial charge in [-0.25, -0.2) is 22.9 Å². The van der Waals surface area contributed by atoms with Crippen LogP contribution in [0.5, 0.6) is 0 Å². The third kappa shape index (κ3) is 7.06. The van der Waals surface area contributed by atoms with Gasteiger partial charge in [0, 0.05) is 30.1 Å². The minimum absolute atomic E-state index is 0.00354. The van der Waals surface area contributed by atoms with Crippen molar-refractivity contribution in [2.24, 2.45) is 0 Å². The first-order chi connectivity index (χ1) is 19.3. The summed E-state index contributed by atoms with van der Waals surface area (Å²) >= 11 is 6.28. The van der Waals surface area contributed by atoms with Crippen LogP contribution in [0, 0.1) is 0 Å². The number of fused-ring (bicyclic) bond motifs is 3. The molecule has 15 heteroatoms. The average molecular weight is 632 g/mol. The van der Waals surface area contributed by atoms with E-state index in [0.29, 0.717) is 27.1 Å². The highest BCUT2D eigenvalue weighted by Crippen LogP contribution is 2.39. The van der Waals surface area contributed by atoms with Crippen LogP contribution in [-0.4, -0.2) is 70.9 Å². The van der Waals surface area contributed by atoms with E-state index >= 15 is 0 Å². The Kier molecular flexibility index (Phi) is 9.39. The lowest BCUT2D eigenvalue weighted by atomic mass is 10.00. The average Bonchev–Trinajstić information content (AvgIpc) is 3.24. The Morgan fingerprint density at radius 1 is 1.15 bits per heavy atom. The largest absolute Gasteiger partial charge is 0.469 e. The molecule has 2 aromatic carbocycles. The van der Waals surface area contributed by atoms with E-state index in [4.69, 9.17) is 26.2 Å². The lowest BCUT2D eigenvalue weighted by Crippen LogP contribution is -2.45. The van der Waals surface area contributed by atoms with Crippen LogP contribution in [0.1, 0.15) is 20.3 Å². The number of phosphoric acid groups is 1. The molecule has 4 aromatic rings. The molecular formula is C26H29ClF2N3O7PS. The van der Waals surface area contributed by atoms with Crippen LogP contribution in [0.2, 0.25) is 5.02 Å². The summed E-state index contributed by atoms with van der Waals surface area (Å²) in [4.78, 5) is 28.9. The predicted octanol–water partition coefficient (Wildman–Crippen LogP) is 5.15. The van der Waals surface area contributed by atoms with Gasteiger partial charge in [-0.3, -0.25) is 4.52 Å². The van der Waals surface area contributed by atoms with Gasteiger partial charge in [-0.1, -0.05) is 49.7 Å². The van der Waals surface area contributed by atoms with Crippen molar-refractivity contribution >= 4 is 51.2 Å². The smallest absolute Gasteiger partial charge is 0.412 e. The second-order valence-corrected chi connectivity index (χ2v) is 13.1. The van der Waals surface area contributed by atoms with Crippen molar-refractivity contribution in [3.8, 4) is 11.1 Å². The molecule has 0 spiro atoms. The number of rotatable bonds is 13. The molecule has 41 heavy (non-hydrogen) atoms. The number of aromatic nitrogens is 2. The minimum Gasteiger partial charge on any atom is -0.412 e. The number of hydrogen-bond donors (Lipinski definition) is 2. The van der Waals surface area contributed by atoms with Gasteiger partial charge < -0.3 is 14.6 Å². The molecule has 0 radical (unpaired) electrons. The van der Waals surface area contributed by atoms with Crippen LogP contribution in [0.15, 0.2) is 59.6 Å². The molecule has 0 aliphatic rings. The Morgan fingerprint density at radius 3 is 2.56 bits per heavy atom. The highest BCUT2D eigenvalue weighted by atomic mass is 35.5. The molecular weight excluding hydrogens is 603 g/mol. The Morgan fingerprint density at radius 2 is 1.88 bits per heavy atom. The number of alkyl halides is 2. The summed E-state index contributed by atoms with van der Waals surface area (Å²) in [6.07, 6.45) is 1.60. The fourth-order valence-electron chi connectivity index (χ4n) is 4.50. The summed E-state index contributed by atoms with van der Waals surface area (Å²) in [5, 5.41) is 1.76. The number of likely N-dealkylation sites (N-methyl/N-ethyl adjacent to an activating group) is 1. The lowest BCUT2D eigenvalue weighted by molar-refractivity contribution is -0.170.